The van der Waals surface area contributed by atoms with Gasteiger partial charge < -0.3 is 5.32 Å². The van der Waals surface area contributed by atoms with Gasteiger partial charge in [0.25, 0.3) is 5.91 Å². The zero-order chi connectivity index (χ0) is 16.2. The highest BCUT2D eigenvalue weighted by atomic mass is 79.9. The maximum Gasteiger partial charge on any atom is 0.256 e. The number of nitrogens with zero attached hydrogens (tertiary/aromatic N) is 1. The molecule has 0 aliphatic heterocycles. The van der Waals surface area contributed by atoms with Crippen molar-refractivity contribution in [1.82, 2.24) is 0 Å². The first-order chi connectivity index (χ1) is 11.2. The number of hydrogen-bond acceptors (Lipinski definition) is 3. The van der Waals surface area contributed by atoms with Crippen molar-refractivity contribution in [2.24, 2.45) is 0 Å². The van der Waals surface area contributed by atoms with Gasteiger partial charge in [-0.1, -0.05) is 34.8 Å². The highest BCUT2D eigenvalue weighted by Crippen LogP contribution is 2.36. The molecule has 1 heterocycles. The van der Waals surface area contributed by atoms with Crippen molar-refractivity contribution in [2.75, 3.05) is 5.32 Å². The molecule has 3 nitrogen and oxygen atoms in total. The fraction of sp³-hybridized carbons (Fsp3) is 0.333. The van der Waals surface area contributed by atoms with Crippen LogP contribution in [0.4, 0.5) is 5.00 Å². The van der Waals surface area contributed by atoms with Gasteiger partial charge in [0.2, 0.25) is 0 Å². The van der Waals surface area contributed by atoms with Crippen LogP contribution in [-0.4, -0.2) is 5.91 Å². The van der Waals surface area contributed by atoms with E-state index in [4.69, 9.17) is 0 Å². The minimum atomic E-state index is -0.169. The summed E-state index contributed by atoms with van der Waals surface area (Å²) in [6, 6.07) is 9.58. The summed E-state index contributed by atoms with van der Waals surface area (Å²) >= 11 is 4.95. The van der Waals surface area contributed by atoms with E-state index in [9.17, 15) is 10.1 Å². The number of thiophene rings is 1. The van der Waals surface area contributed by atoms with Gasteiger partial charge in [-0.15, -0.1) is 11.3 Å². The Labute approximate surface area is 148 Å². The predicted molar refractivity (Wildman–Crippen MR) is 97.0 cm³/mol. The number of hydrogen-bond donors (Lipinski definition) is 1. The molecule has 2 aromatic rings. The van der Waals surface area contributed by atoms with E-state index in [1.54, 1.807) is 23.5 Å². The van der Waals surface area contributed by atoms with Gasteiger partial charge in [-0.2, -0.15) is 5.26 Å². The molecule has 1 aromatic heterocycles. The summed E-state index contributed by atoms with van der Waals surface area (Å²) in [6.07, 6.45) is 6.72. The SMILES string of the molecule is N#Cc1c(NC(=O)c2cccc(Br)c2)sc2c1CCCCCC2. The topological polar surface area (TPSA) is 52.9 Å². The van der Waals surface area contributed by atoms with Crippen LogP contribution in [0, 0.1) is 11.3 Å². The summed E-state index contributed by atoms with van der Waals surface area (Å²) in [5.74, 6) is -0.169. The average Bonchev–Trinajstić information content (AvgIpc) is 2.83. The fourth-order valence-corrected chi connectivity index (χ4v) is 4.56. The molecule has 0 fully saturated rings. The predicted octanol–water partition coefficient (Wildman–Crippen LogP) is 5.29. The van der Waals surface area contributed by atoms with E-state index in [1.807, 2.05) is 12.1 Å². The Morgan fingerprint density at radius 3 is 2.74 bits per heavy atom. The zero-order valence-corrected chi connectivity index (χ0v) is 15.1. The molecular formula is C18H17BrN2OS. The van der Waals surface area contributed by atoms with Crippen LogP contribution in [0.1, 0.15) is 52.0 Å². The second-order valence-electron chi connectivity index (χ2n) is 5.70. The monoisotopic (exact) mass is 388 g/mol. The molecular weight excluding hydrogens is 372 g/mol. The number of halogens is 1. The quantitative estimate of drug-likeness (QED) is 0.759. The summed E-state index contributed by atoms with van der Waals surface area (Å²) in [5.41, 5.74) is 2.40. The summed E-state index contributed by atoms with van der Waals surface area (Å²) in [7, 11) is 0. The normalized spacial score (nSPS) is 14.3. The Balaban J connectivity index is 1.89. The van der Waals surface area contributed by atoms with Crippen LogP contribution in [0.3, 0.4) is 0 Å². The van der Waals surface area contributed by atoms with Crippen LogP contribution in [0.5, 0.6) is 0 Å². The van der Waals surface area contributed by atoms with Gasteiger partial charge >= 0.3 is 0 Å². The molecule has 0 bridgehead atoms. The lowest BCUT2D eigenvalue weighted by Gasteiger charge is -2.08. The van der Waals surface area contributed by atoms with Gasteiger partial charge in [0.1, 0.15) is 11.1 Å². The number of carbonyl (C=O) groups excluding carboxylic acids is 1. The van der Waals surface area contributed by atoms with E-state index in [0.29, 0.717) is 16.1 Å². The van der Waals surface area contributed by atoms with Crippen molar-refractivity contribution in [3.05, 3.63) is 50.3 Å². The fourth-order valence-electron chi connectivity index (χ4n) is 2.93. The molecule has 0 saturated heterocycles. The van der Waals surface area contributed by atoms with Crippen LogP contribution in [0.15, 0.2) is 28.7 Å². The Bertz CT molecular complexity index is 776. The molecule has 1 aliphatic rings. The molecule has 0 spiro atoms. The number of amides is 1. The number of anilines is 1. The molecule has 0 atom stereocenters. The lowest BCUT2D eigenvalue weighted by molar-refractivity contribution is 0.102. The first-order valence-corrected chi connectivity index (χ1v) is 9.41. The average molecular weight is 389 g/mol. The van der Waals surface area contributed by atoms with E-state index < -0.39 is 0 Å². The highest BCUT2D eigenvalue weighted by Gasteiger charge is 2.20. The van der Waals surface area contributed by atoms with Crippen molar-refractivity contribution in [1.29, 1.82) is 5.26 Å². The summed E-state index contributed by atoms with van der Waals surface area (Å²) in [5, 5.41) is 13.2. The molecule has 1 aromatic carbocycles. The van der Waals surface area contributed by atoms with E-state index in [2.05, 4.69) is 27.3 Å². The number of aryl methyl sites for hydroxylation is 1. The molecule has 118 valence electrons. The molecule has 23 heavy (non-hydrogen) atoms. The number of fused-ring (bicyclic) bond motifs is 1. The van der Waals surface area contributed by atoms with E-state index in [-0.39, 0.29) is 5.91 Å². The van der Waals surface area contributed by atoms with Crippen molar-refractivity contribution < 1.29 is 4.79 Å². The number of benzene rings is 1. The van der Waals surface area contributed by atoms with Gasteiger partial charge in [0, 0.05) is 14.9 Å². The smallest absolute Gasteiger partial charge is 0.256 e. The molecule has 1 amide bonds. The summed E-state index contributed by atoms with van der Waals surface area (Å²) < 4.78 is 0.865. The Morgan fingerprint density at radius 2 is 2.00 bits per heavy atom. The minimum Gasteiger partial charge on any atom is -0.312 e. The third kappa shape index (κ3) is 3.65. The van der Waals surface area contributed by atoms with Crippen molar-refractivity contribution in [3.8, 4) is 6.07 Å². The molecule has 3 rings (SSSR count). The molecule has 1 aliphatic carbocycles. The van der Waals surface area contributed by atoms with Crippen molar-refractivity contribution in [3.63, 3.8) is 0 Å². The van der Waals surface area contributed by atoms with Crippen molar-refractivity contribution in [2.45, 2.75) is 38.5 Å². The van der Waals surface area contributed by atoms with Crippen LogP contribution in [-0.2, 0) is 12.8 Å². The highest BCUT2D eigenvalue weighted by molar-refractivity contribution is 9.10. The van der Waals surface area contributed by atoms with Gasteiger partial charge in [-0.05, 0) is 49.4 Å². The van der Waals surface area contributed by atoms with E-state index >= 15 is 0 Å². The van der Waals surface area contributed by atoms with Crippen LogP contribution in [0.25, 0.3) is 0 Å². The van der Waals surface area contributed by atoms with E-state index in [1.165, 1.54) is 17.7 Å². The number of rotatable bonds is 2. The third-order valence-corrected chi connectivity index (χ3v) is 5.80. The Hall–Kier alpha value is -1.64. The minimum absolute atomic E-state index is 0.169. The lowest BCUT2D eigenvalue weighted by atomic mass is 9.97. The van der Waals surface area contributed by atoms with Crippen LogP contribution >= 0.6 is 27.3 Å². The molecule has 5 heteroatoms. The second kappa shape index (κ2) is 7.29. The zero-order valence-electron chi connectivity index (χ0n) is 12.7. The van der Waals surface area contributed by atoms with Gasteiger partial charge in [-0.3, -0.25) is 4.79 Å². The third-order valence-electron chi connectivity index (χ3n) is 4.10. The van der Waals surface area contributed by atoms with Gasteiger partial charge in [0.05, 0.1) is 5.56 Å². The number of carbonyl (C=O) groups is 1. The summed E-state index contributed by atoms with van der Waals surface area (Å²) in [6.45, 7) is 0. The van der Waals surface area contributed by atoms with E-state index in [0.717, 1.165) is 35.7 Å². The number of nitrogens with one attached hydrogen (secondary N) is 1. The van der Waals surface area contributed by atoms with Crippen LogP contribution < -0.4 is 5.32 Å². The summed E-state index contributed by atoms with van der Waals surface area (Å²) in [4.78, 5) is 13.7. The standard InChI is InChI=1S/C18H17BrN2OS/c19-13-7-5-6-12(10-13)17(22)21-18-15(11-20)14-8-3-1-2-4-9-16(14)23-18/h5-7,10H,1-4,8-9H2,(H,21,22). The largest absolute Gasteiger partial charge is 0.312 e. The molecule has 0 saturated carbocycles. The Morgan fingerprint density at radius 1 is 1.22 bits per heavy atom. The lowest BCUT2D eigenvalue weighted by Crippen LogP contribution is -2.11. The Kier molecular flexibility index (Phi) is 5.14. The molecule has 0 unspecified atom stereocenters. The van der Waals surface area contributed by atoms with Gasteiger partial charge in [-0.25, -0.2) is 0 Å². The molecule has 0 radical (unpaired) electrons. The molecule has 1 N–H and O–H groups in total. The van der Waals surface area contributed by atoms with Crippen LogP contribution in [0.2, 0.25) is 0 Å². The van der Waals surface area contributed by atoms with Crippen molar-refractivity contribution >= 4 is 38.2 Å². The second-order valence-corrected chi connectivity index (χ2v) is 7.72. The maximum absolute atomic E-state index is 12.4. The first kappa shape index (κ1) is 16.2. The van der Waals surface area contributed by atoms with Gasteiger partial charge in [0.15, 0.2) is 0 Å². The number of nitriles is 1. The maximum atomic E-state index is 12.4. The first-order valence-electron chi connectivity index (χ1n) is 7.80.